The van der Waals surface area contributed by atoms with Gasteiger partial charge in [-0.25, -0.2) is 0 Å². The average molecular weight is 294 g/mol. The lowest BCUT2D eigenvalue weighted by molar-refractivity contribution is -0.130. The van der Waals surface area contributed by atoms with Gasteiger partial charge in [0.2, 0.25) is 5.91 Å². The van der Waals surface area contributed by atoms with E-state index in [0.29, 0.717) is 11.3 Å². The number of carbonyl (C=O) groups is 3. The van der Waals surface area contributed by atoms with E-state index < -0.39 is 5.41 Å². The van der Waals surface area contributed by atoms with Gasteiger partial charge in [-0.2, -0.15) is 0 Å². The molecule has 1 aliphatic heterocycles. The monoisotopic (exact) mass is 293 g/mol. The third-order valence-electron chi connectivity index (χ3n) is 3.37. The van der Waals surface area contributed by atoms with Crippen LogP contribution in [0.2, 0.25) is 0 Å². The number of ketones is 2. The van der Waals surface area contributed by atoms with Crippen LogP contribution in [0, 0.1) is 0 Å². The minimum atomic E-state index is -1.27. The Labute approximate surface area is 106 Å². The van der Waals surface area contributed by atoms with Crippen LogP contribution in [0.5, 0.6) is 0 Å². The Morgan fingerprint density at radius 3 is 2.65 bits per heavy atom. The van der Waals surface area contributed by atoms with E-state index in [4.69, 9.17) is 0 Å². The number of rotatable bonds is 0. The molecular formula is C12H8BrNO3. The van der Waals surface area contributed by atoms with E-state index in [9.17, 15) is 14.4 Å². The number of halogens is 1. The van der Waals surface area contributed by atoms with Gasteiger partial charge in [0.1, 0.15) is 11.2 Å². The maximum Gasteiger partial charge on any atom is 0.243 e. The molecule has 0 saturated heterocycles. The summed E-state index contributed by atoms with van der Waals surface area (Å²) < 4.78 is 0.791. The number of hydrogen-bond donors (Lipinski definition) is 1. The molecule has 1 saturated carbocycles. The number of Topliss-reactive ketones (excluding diaryl/α,β-unsaturated/α-hetero) is 2. The molecule has 86 valence electrons. The van der Waals surface area contributed by atoms with E-state index in [1.165, 1.54) is 0 Å². The molecule has 5 heteroatoms. The highest BCUT2D eigenvalue weighted by Crippen LogP contribution is 2.46. The van der Waals surface area contributed by atoms with Gasteiger partial charge in [0.15, 0.2) is 5.78 Å². The zero-order chi connectivity index (χ0) is 12.2. The van der Waals surface area contributed by atoms with Crippen LogP contribution in [0.25, 0.3) is 0 Å². The largest absolute Gasteiger partial charge is 0.325 e. The maximum absolute atomic E-state index is 12.0. The van der Waals surface area contributed by atoms with Crippen LogP contribution in [0.4, 0.5) is 5.69 Å². The summed E-state index contributed by atoms with van der Waals surface area (Å²) in [5.41, 5.74) is -0.0232. The normalized spacial score (nSPS) is 26.5. The highest BCUT2D eigenvalue weighted by atomic mass is 79.9. The molecule has 1 fully saturated rings. The summed E-state index contributed by atoms with van der Waals surface area (Å²) in [7, 11) is 0. The minimum absolute atomic E-state index is 0.0128. The Balaban J connectivity index is 2.26. The molecule has 1 aromatic carbocycles. The smallest absolute Gasteiger partial charge is 0.243 e. The fourth-order valence-corrected chi connectivity index (χ4v) is 2.93. The fraction of sp³-hybridized carbons (Fsp3) is 0.250. The number of benzene rings is 1. The molecule has 4 nitrogen and oxygen atoms in total. The highest BCUT2D eigenvalue weighted by molar-refractivity contribution is 9.10. The lowest BCUT2D eigenvalue weighted by Gasteiger charge is -2.17. The third kappa shape index (κ3) is 1.26. The third-order valence-corrected chi connectivity index (χ3v) is 3.87. The van der Waals surface area contributed by atoms with Crippen LogP contribution in [-0.2, 0) is 19.8 Å². The second-order valence-corrected chi connectivity index (χ2v) is 5.28. The number of amides is 1. The van der Waals surface area contributed by atoms with E-state index >= 15 is 0 Å². The van der Waals surface area contributed by atoms with Gasteiger partial charge in [-0.15, -0.1) is 0 Å². The summed E-state index contributed by atoms with van der Waals surface area (Å²) in [6.07, 6.45) is -0.152. The van der Waals surface area contributed by atoms with Crippen molar-refractivity contribution in [1.29, 1.82) is 0 Å². The summed E-state index contributed by atoms with van der Waals surface area (Å²) >= 11 is 3.32. The molecule has 1 aromatic rings. The first-order valence-electron chi connectivity index (χ1n) is 5.20. The van der Waals surface area contributed by atoms with Crippen molar-refractivity contribution in [1.82, 2.24) is 0 Å². The van der Waals surface area contributed by atoms with Crippen LogP contribution in [0.1, 0.15) is 18.4 Å². The van der Waals surface area contributed by atoms with Crippen molar-refractivity contribution in [2.45, 2.75) is 18.3 Å². The van der Waals surface area contributed by atoms with E-state index in [1.807, 2.05) is 0 Å². The molecular weight excluding hydrogens is 286 g/mol. The van der Waals surface area contributed by atoms with Crippen molar-refractivity contribution in [3.8, 4) is 0 Å². The fourth-order valence-electron chi connectivity index (χ4n) is 2.57. The Hall–Kier alpha value is -1.49. The maximum atomic E-state index is 12.0. The zero-order valence-electron chi connectivity index (χ0n) is 8.75. The molecule has 0 aromatic heterocycles. The van der Waals surface area contributed by atoms with E-state index in [2.05, 4.69) is 21.2 Å². The number of anilines is 1. The lowest BCUT2D eigenvalue weighted by atomic mass is 9.79. The predicted octanol–water partition coefficient (Wildman–Crippen LogP) is 1.57. The number of hydrogen-bond acceptors (Lipinski definition) is 3. The molecule has 1 N–H and O–H groups in total. The van der Waals surface area contributed by atoms with Crippen LogP contribution in [0.3, 0.4) is 0 Å². The van der Waals surface area contributed by atoms with Gasteiger partial charge < -0.3 is 5.32 Å². The van der Waals surface area contributed by atoms with Crippen molar-refractivity contribution >= 4 is 39.1 Å². The molecule has 3 rings (SSSR count). The Bertz CT molecular complexity index is 581. The number of fused-ring (bicyclic) bond motifs is 2. The van der Waals surface area contributed by atoms with Crippen LogP contribution >= 0.6 is 15.9 Å². The predicted molar refractivity (Wildman–Crippen MR) is 63.7 cm³/mol. The first-order chi connectivity index (χ1) is 8.04. The highest BCUT2D eigenvalue weighted by Gasteiger charge is 2.57. The molecule has 1 amide bonds. The summed E-state index contributed by atoms with van der Waals surface area (Å²) in [5.74, 6) is -0.837. The van der Waals surface area contributed by atoms with Crippen LogP contribution < -0.4 is 5.32 Å². The van der Waals surface area contributed by atoms with Gasteiger partial charge in [-0.05, 0) is 18.2 Å². The number of carbonyl (C=O) groups excluding carboxylic acids is 3. The molecule has 1 aliphatic carbocycles. The molecule has 1 spiro atoms. The topological polar surface area (TPSA) is 63.2 Å². The molecule has 17 heavy (non-hydrogen) atoms. The van der Waals surface area contributed by atoms with E-state index in [-0.39, 0.29) is 30.3 Å². The summed E-state index contributed by atoms with van der Waals surface area (Å²) in [4.78, 5) is 35.5. The van der Waals surface area contributed by atoms with Crippen molar-refractivity contribution in [2.75, 3.05) is 5.32 Å². The molecule has 2 aliphatic rings. The molecule has 1 heterocycles. The van der Waals surface area contributed by atoms with Crippen molar-refractivity contribution < 1.29 is 14.4 Å². The van der Waals surface area contributed by atoms with Gasteiger partial charge >= 0.3 is 0 Å². The minimum Gasteiger partial charge on any atom is -0.325 e. The Morgan fingerprint density at radius 1 is 1.24 bits per heavy atom. The lowest BCUT2D eigenvalue weighted by Crippen LogP contribution is -2.38. The van der Waals surface area contributed by atoms with Crippen LogP contribution in [-0.4, -0.2) is 17.5 Å². The van der Waals surface area contributed by atoms with Crippen molar-refractivity contribution in [3.63, 3.8) is 0 Å². The molecule has 0 radical (unpaired) electrons. The quantitative estimate of drug-likeness (QED) is 0.739. The van der Waals surface area contributed by atoms with E-state index in [1.54, 1.807) is 18.2 Å². The second kappa shape index (κ2) is 3.26. The van der Waals surface area contributed by atoms with Gasteiger partial charge in [0.25, 0.3) is 0 Å². The van der Waals surface area contributed by atoms with Crippen LogP contribution in [0.15, 0.2) is 22.7 Å². The number of nitrogens with one attached hydrogen (secondary N) is 1. The van der Waals surface area contributed by atoms with Gasteiger partial charge in [0, 0.05) is 22.1 Å². The summed E-state index contributed by atoms with van der Waals surface area (Å²) in [6, 6.07) is 5.27. The SMILES string of the molecule is O=C1CC(=O)C2(C1)C(=O)Nc1ccc(Br)cc12. The average Bonchev–Trinajstić information content (AvgIpc) is 2.70. The Kier molecular flexibility index (Phi) is 2.04. The first kappa shape index (κ1) is 10.7. The Morgan fingerprint density at radius 2 is 2.00 bits per heavy atom. The van der Waals surface area contributed by atoms with Gasteiger partial charge in [-0.3, -0.25) is 14.4 Å². The summed E-state index contributed by atoms with van der Waals surface area (Å²) in [5, 5.41) is 2.68. The second-order valence-electron chi connectivity index (χ2n) is 4.36. The molecule has 1 unspecified atom stereocenters. The van der Waals surface area contributed by atoms with Gasteiger partial charge in [-0.1, -0.05) is 15.9 Å². The molecule has 1 atom stereocenters. The zero-order valence-corrected chi connectivity index (χ0v) is 10.3. The van der Waals surface area contributed by atoms with Crippen molar-refractivity contribution in [2.24, 2.45) is 0 Å². The summed E-state index contributed by atoms with van der Waals surface area (Å²) in [6.45, 7) is 0. The molecule has 0 bridgehead atoms. The van der Waals surface area contributed by atoms with E-state index in [0.717, 1.165) is 4.47 Å². The first-order valence-corrected chi connectivity index (χ1v) is 6.00. The van der Waals surface area contributed by atoms with Gasteiger partial charge in [0.05, 0.1) is 6.42 Å². The standard InChI is InChI=1S/C12H8BrNO3/c13-6-1-2-9-8(3-6)12(11(17)14-9)5-7(15)4-10(12)16/h1-3H,4-5H2,(H,14,17). The van der Waals surface area contributed by atoms with Crippen molar-refractivity contribution in [3.05, 3.63) is 28.2 Å².